The first kappa shape index (κ1) is 14.3. The summed E-state index contributed by atoms with van der Waals surface area (Å²) in [6.07, 6.45) is 1.51. The number of nitrogens with zero attached hydrogens (tertiary/aromatic N) is 2. The summed E-state index contributed by atoms with van der Waals surface area (Å²) < 4.78 is 0. The maximum Gasteiger partial charge on any atom is 0.269 e. The third-order valence-corrected chi connectivity index (χ3v) is 3.69. The van der Waals surface area contributed by atoms with Crippen molar-refractivity contribution >= 4 is 17.3 Å². The van der Waals surface area contributed by atoms with Gasteiger partial charge in [-0.3, -0.25) is 20.8 Å². The summed E-state index contributed by atoms with van der Waals surface area (Å²) in [6.45, 7) is 3.10. The molecule has 108 valence electrons. The van der Waals surface area contributed by atoms with Crippen molar-refractivity contribution in [2.24, 2.45) is 11.8 Å². The summed E-state index contributed by atoms with van der Waals surface area (Å²) in [5.41, 5.74) is 3.77. The number of hydrogen-bond donors (Lipinski definition) is 2. The number of nitrogens with two attached hydrogens (primary N) is 1. The summed E-state index contributed by atoms with van der Waals surface area (Å²) in [4.78, 5) is 24.0. The molecule has 0 radical (unpaired) electrons. The van der Waals surface area contributed by atoms with E-state index in [1.165, 1.54) is 12.1 Å². The van der Waals surface area contributed by atoms with Gasteiger partial charge >= 0.3 is 0 Å². The number of nitrogens with one attached hydrogen (secondary N) is 1. The fraction of sp³-hybridized carbons (Fsp3) is 0.462. The monoisotopic (exact) mass is 278 g/mol. The van der Waals surface area contributed by atoms with Gasteiger partial charge < -0.3 is 10.3 Å². The van der Waals surface area contributed by atoms with Gasteiger partial charge in [-0.25, -0.2) is 0 Å². The van der Waals surface area contributed by atoms with Gasteiger partial charge in [-0.15, -0.1) is 0 Å². The number of likely N-dealkylation sites (tertiary alicyclic amines) is 1. The van der Waals surface area contributed by atoms with Gasteiger partial charge in [-0.05, 0) is 12.0 Å². The lowest BCUT2D eigenvalue weighted by molar-refractivity contribution is -0.384. The normalized spacial score (nSPS) is 18.4. The molecule has 7 nitrogen and oxygen atoms in total. The highest BCUT2D eigenvalue weighted by Gasteiger charge is 2.28. The Balaban J connectivity index is 2.21. The predicted molar refractivity (Wildman–Crippen MR) is 74.7 cm³/mol. The molecule has 1 heterocycles. The van der Waals surface area contributed by atoms with Crippen LogP contribution >= 0.6 is 0 Å². The number of hydrazine groups is 1. The fourth-order valence-corrected chi connectivity index (χ4v) is 2.45. The van der Waals surface area contributed by atoms with Crippen LogP contribution < -0.4 is 11.3 Å². The first-order valence-corrected chi connectivity index (χ1v) is 6.56. The number of nitro benzene ring substituents is 1. The topological polar surface area (TPSA) is 102 Å². The van der Waals surface area contributed by atoms with E-state index in [4.69, 9.17) is 5.84 Å². The largest absolute Gasteiger partial charge is 0.338 e. The summed E-state index contributed by atoms with van der Waals surface area (Å²) in [7, 11) is 0. The highest BCUT2D eigenvalue weighted by atomic mass is 16.6. The minimum absolute atomic E-state index is 0.00214. The molecule has 1 unspecified atom stereocenters. The molecule has 1 amide bonds. The molecule has 0 bridgehead atoms. The lowest BCUT2D eigenvalue weighted by atomic mass is 10.1. The van der Waals surface area contributed by atoms with Crippen LogP contribution in [0.15, 0.2) is 18.2 Å². The minimum Gasteiger partial charge on any atom is -0.338 e. The molecular weight excluding hydrogens is 260 g/mol. The maximum atomic E-state index is 11.9. The van der Waals surface area contributed by atoms with E-state index in [-0.39, 0.29) is 11.6 Å². The third kappa shape index (κ3) is 2.88. The molecule has 0 spiro atoms. The number of rotatable bonds is 5. The molecule has 3 N–H and O–H groups in total. The van der Waals surface area contributed by atoms with Gasteiger partial charge in [0.15, 0.2) is 0 Å². The van der Waals surface area contributed by atoms with Gasteiger partial charge in [0.2, 0.25) is 5.91 Å². The van der Waals surface area contributed by atoms with E-state index < -0.39 is 4.92 Å². The number of carbonyl (C=O) groups excluding carboxylic acids is 1. The second-order valence-electron chi connectivity index (χ2n) is 5.00. The second kappa shape index (κ2) is 5.87. The van der Waals surface area contributed by atoms with Crippen molar-refractivity contribution < 1.29 is 9.72 Å². The van der Waals surface area contributed by atoms with Gasteiger partial charge in [-0.1, -0.05) is 13.3 Å². The van der Waals surface area contributed by atoms with Gasteiger partial charge in [-0.2, -0.15) is 0 Å². The van der Waals surface area contributed by atoms with Crippen molar-refractivity contribution in [2.75, 3.05) is 12.0 Å². The van der Waals surface area contributed by atoms with Crippen LogP contribution in [-0.2, 0) is 11.3 Å². The van der Waals surface area contributed by atoms with Crippen LogP contribution in [-0.4, -0.2) is 22.3 Å². The van der Waals surface area contributed by atoms with Gasteiger partial charge in [0.05, 0.1) is 10.6 Å². The molecule has 0 saturated carbocycles. The van der Waals surface area contributed by atoms with E-state index in [9.17, 15) is 14.9 Å². The maximum absolute atomic E-state index is 11.9. The Labute approximate surface area is 116 Å². The van der Waals surface area contributed by atoms with E-state index in [0.717, 1.165) is 6.42 Å². The Bertz CT molecular complexity index is 532. The highest BCUT2D eigenvalue weighted by Crippen LogP contribution is 2.27. The molecule has 7 heteroatoms. The zero-order valence-corrected chi connectivity index (χ0v) is 11.3. The molecular formula is C13H18N4O3. The van der Waals surface area contributed by atoms with Crippen molar-refractivity contribution in [3.8, 4) is 0 Å². The Morgan fingerprint density at radius 3 is 2.85 bits per heavy atom. The average Bonchev–Trinajstić information content (AvgIpc) is 2.79. The number of non-ortho nitro benzene ring substituents is 1. The van der Waals surface area contributed by atoms with Crippen LogP contribution in [0.4, 0.5) is 11.4 Å². The van der Waals surface area contributed by atoms with Gasteiger partial charge in [0.25, 0.3) is 5.69 Å². The summed E-state index contributed by atoms with van der Waals surface area (Å²) >= 11 is 0. The standard InChI is InChI=1S/C13H18N4O3/c1-2-9-5-13(18)16(7-9)8-10-6-11(17(19)20)3-4-12(10)15-14/h3-4,6,9,15H,2,5,7-8,14H2,1H3. The molecule has 20 heavy (non-hydrogen) atoms. The molecule has 1 aliphatic rings. The second-order valence-corrected chi connectivity index (χ2v) is 5.00. The molecule has 1 aliphatic heterocycles. The zero-order chi connectivity index (χ0) is 14.7. The van der Waals surface area contributed by atoms with Crippen LogP contribution in [0.25, 0.3) is 0 Å². The molecule has 1 atom stereocenters. The highest BCUT2D eigenvalue weighted by molar-refractivity contribution is 5.78. The third-order valence-electron chi connectivity index (χ3n) is 3.69. The van der Waals surface area contributed by atoms with Crippen LogP contribution in [0, 0.1) is 16.0 Å². The molecule has 1 aromatic rings. The van der Waals surface area contributed by atoms with Crippen molar-refractivity contribution in [3.05, 3.63) is 33.9 Å². The van der Waals surface area contributed by atoms with E-state index in [1.807, 2.05) is 0 Å². The first-order valence-electron chi connectivity index (χ1n) is 6.56. The Hall–Kier alpha value is -2.15. The van der Waals surface area contributed by atoms with Crippen LogP contribution in [0.5, 0.6) is 0 Å². The summed E-state index contributed by atoms with van der Waals surface area (Å²) in [6, 6.07) is 4.41. The quantitative estimate of drug-likeness (QED) is 0.484. The van der Waals surface area contributed by atoms with Crippen molar-refractivity contribution in [3.63, 3.8) is 0 Å². The number of nitrogen functional groups attached to an aromatic ring is 1. The molecule has 2 rings (SSSR count). The Morgan fingerprint density at radius 1 is 1.55 bits per heavy atom. The average molecular weight is 278 g/mol. The first-order chi connectivity index (χ1) is 9.55. The van der Waals surface area contributed by atoms with Crippen LogP contribution in [0.3, 0.4) is 0 Å². The molecule has 1 fully saturated rings. The smallest absolute Gasteiger partial charge is 0.269 e. The summed E-state index contributed by atoms with van der Waals surface area (Å²) in [5.74, 6) is 5.88. The summed E-state index contributed by atoms with van der Waals surface area (Å²) in [5, 5.41) is 10.8. The molecule has 1 saturated heterocycles. The Morgan fingerprint density at radius 2 is 2.30 bits per heavy atom. The number of anilines is 1. The van der Waals surface area contributed by atoms with E-state index >= 15 is 0 Å². The number of hydrogen-bond acceptors (Lipinski definition) is 5. The van der Waals surface area contributed by atoms with Gasteiger partial charge in [0, 0.05) is 37.2 Å². The minimum atomic E-state index is -0.454. The fourth-order valence-electron chi connectivity index (χ4n) is 2.45. The molecule has 0 aliphatic carbocycles. The predicted octanol–water partition coefficient (Wildman–Crippen LogP) is 1.64. The molecule has 1 aromatic carbocycles. The van der Waals surface area contributed by atoms with Crippen molar-refractivity contribution in [1.82, 2.24) is 4.90 Å². The van der Waals surface area contributed by atoms with Crippen molar-refractivity contribution in [2.45, 2.75) is 26.3 Å². The molecule has 0 aromatic heterocycles. The lowest BCUT2D eigenvalue weighted by Crippen LogP contribution is -2.25. The lowest BCUT2D eigenvalue weighted by Gasteiger charge is -2.18. The number of benzene rings is 1. The van der Waals surface area contributed by atoms with Crippen LogP contribution in [0.1, 0.15) is 25.3 Å². The van der Waals surface area contributed by atoms with Crippen molar-refractivity contribution in [1.29, 1.82) is 0 Å². The van der Waals surface area contributed by atoms with E-state index in [1.54, 1.807) is 11.0 Å². The Kier molecular flexibility index (Phi) is 4.19. The van der Waals surface area contributed by atoms with E-state index in [0.29, 0.717) is 36.7 Å². The number of carbonyl (C=O) groups is 1. The van der Waals surface area contributed by atoms with Gasteiger partial charge in [0.1, 0.15) is 0 Å². The van der Waals surface area contributed by atoms with E-state index in [2.05, 4.69) is 12.3 Å². The number of amides is 1. The number of nitro groups is 1. The zero-order valence-electron chi connectivity index (χ0n) is 11.3. The SMILES string of the molecule is CCC1CC(=O)N(Cc2cc([N+](=O)[O-])ccc2NN)C1. The van der Waals surface area contributed by atoms with Crippen LogP contribution in [0.2, 0.25) is 0 Å².